The van der Waals surface area contributed by atoms with Gasteiger partial charge in [0.25, 0.3) is 5.91 Å². The number of esters is 1. The number of rotatable bonds is 6. The molecular weight excluding hydrogens is 389 g/mol. The number of aliphatic hydroxyl groups excluding tert-OH is 1. The number of hydrogen-bond acceptors (Lipinski definition) is 5. The van der Waals surface area contributed by atoms with Crippen LogP contribution in [0.3, 0.4) is 0 Å². The lowest BCUT2D eigenvalue weighted by atomic mass is 10.00. The van der Waals surface area contributed by atoms with Crippen LogP contribution in [0.2, 0.25) is 0 Å². The van der Waals surface area contributed by atoms with Crippen LogP contribution in [0.4, 0.5) is 13.2 Å². The van der Waals surface area contributed by atoms with Gasteiger partial charge in [-0.05, 0) is 29.3 Å². The van der Waals surface area contributed by atoms with E-state index in [1.165, 1.54) is 0 Å². The summed E-state index contributed by atoms with van der Waals surface area (Å²) in [5.41, 5.74) is -0.209. The molecular formula is C20H17F3N2O4. The lowest BCUT2D eigenvalue weighted by Crippen LogP contribution is -2.45. The van der Waals surface area contributed by atoms with E-state index in [-0.39, 0.29) is 12.0 Å². The highest BCUT2D eigenvalue weighted by Crippen LogP contribution is 2.30. The zero-order valence-corrected chi connectivity index (χ0v) is 15.2. The van der Waals surface area contributed by atoms with E-state index >= 15 is 0 Å². The van der Waals surface area contributed by atoms with Gasteiger partial charge in [-0.15, -0.1) is 0 Å². The number of carbonyl (C=O) groups excluding carboxylic acids is 2. The van der Waals surface area contributed by atoms with Crippen LogP contribution in [-0.4, -0.2) is 30.1 Å². The quantitative estimate of drug-likeness (QED) is 0.719. The largest absolute Gasteiger partial charge is 0.467 e. The molecule has 2 atom stereocenters. The summed E-state index contributed by atoms with van der Waals surface area (Å²) in [6, 6.07) is 10.7. The standard InChI is InChI=1S/C20H17F3N2O4/c1-29-19(28)16(10-13-4-2-3-5-14(13)11-24)25-18(27)17(26)12-6-8-15(9-7-12)20(21,22)23/h2-9,16-17,26H,10H2,1H3,(H,25,27)/t16-,17-/m0/s1. The molecule has 2 aromatic carbocycles. The third-order valence-electron chi connectivity index (χ3n) is 4.17. The molecule has 0 aliphatic rings. The van der Waals surface area contributed by atoms with Crippen molar-refractivity contribution in [2.75, 3.05) is 7.11 Å². The topological polar surface area (TPSA) is 99.4 Å². The monoisotopic (exact) mass is 406 g/mol. The van der Waals surface area contributed by atoms with Gasteiger partial charge in [0.15, 0.2) is 6.10 Å². The van der Waals surface area contributed by atoms with E-state index in [1.54, 1.807) is 24.3 Å². The number of ether oxygens (including phenoxy) is 1. The first-order valence-corrected chi connectivity index (χ1v) is 8.38. The maximum atomic E-state index is 12.6. The summed E-state index contributed by atoms with van der Waals surface area (Å²) in [4.78, 5) is 24.4. The highest BCUT2D eigenvalue weighted by Gasteiger charge is 2.31. The molecule has 0 fully saturated rings. The fourth-order valence-electron chi connectivity index (χ4n) is 2.62. The van der Waals surface area contributed by atoms with E-state index in [9.17, 15) is 27.9 Å². The van der Waals surface area contributed by atoms with Crippen LogP contribution in [0.1, 0.15) is 28.4 Å². The highest BCUT2D eigenvalue weighted by atomic mass is 19.4. The van der Waals surface area contributed by atoms with Gasteiger partial charge in [0.1, 0.15) is 6.04 Å². The fraction of sp³-hybridized carbons (Fsp3) is 0.250. The average molecular weight is 406 g/mol. The summed E-state index contributed by atoms with van der Waals surface area (Å²) in [5, 5.41) is 21.6. The molecule has 0 heterocycles. The molecule has 0 saturated heterocycles. The van der Waals surface area contributed by atoms with Gasteiger partial charge in [0, 0.05) is 6.42 Å². The second kappa shape index (κ2) is 9.21. The van der Waals surface area contributed by atoms with Crippen LogP contribution < -0.4 is 5.32 Å². The summed E-state index contributed by atoms with van der Waals surface area (Å²) in [5.74, 6) is -1.79. The Bertz CT molecular complexity index is 921. The van der Waals surface area contributed by atoms with Crippen molar-refractivity contribution in [3.05, 3.63) is 70.8 Å². The van der Waals surface area contributed by atoms with Crippen LogP contribution in [0, 0.1) is 11.3 Å². The SMILES string of the molecule is COC(=O)[C@H](Cc1ccccc1C#N)NC(=O)[C@@H](O)c1ccc(C(F)(F)F)cc1. The number of aliphatic hydroxyl groups is 1. The third-order valence-corrected chi connectivity index (χ3v) is 4.17. The first-order valence-electron chi connectivity index (χ1n) is 8.38. The summed E-state index contributed by atoms with van der Waals surface area (Å²) in [6.45, 7) is 0. The average Bonchev–Trinajstić information content (AvgIpc) is 2.71. The molecule has 1 amide bonds. The van der Waals surface area contributed by atoms with Gasteiger partial charge in [-0.1, -0.05) is 30.3 Å². The minimum Gasteiger partial charge on any atom is -0.467 e. The first kappa shape index (κ1) is 21.9. The number of methoxy groups -OCH3 is 1. The van der Waals surface area contributed by atoms with Gasteiger partial charge >= 0.3 is 12.1 Å². The minimum atomic E-state index is -4.55. The molecule has 0 radical (unpaired) electrons. The number of halogens is 3. The molecule has 2 rings (SSSR count). The molecule has 0 aromatic heterocycles. The van der Waals surface area contributed by atoms with Crippen molar-refractivity contribution in [3.8, 4) is 6.07 Å². The summed E-state index contributed by atoms with van der Waals surface area (Å²) in [7, 11) is 1.12. The van der Waals surface area contributed by atoms with Gasteiger partial charge in [-0.3, -0.25) is 4.79 Å². The lowest BCUT2D eigenvalue weighted by Gasteiger charge is -2.19. The molecule has 152 valence electrons. The van der Waals surface area contributed by atoms with Crippen LogP contribution in [0.15, 0.2) is 48.5 Å². The fourth-order valence-corrected chi connectivity index (χ4v) is 2.62. The number of nitrogens with zero attached hydrogens (tertiary/aromatic N) is 1. The highest BCUT2D eigenvalue weighted by molar-refractivity contribution is 5.87. The molecule has 29 heavy (non-hydrogen) atoms. The van der Waals surface area contributed by atoms with E-state index in [4.69, 9.17) is 5.26 Å². The van der Waals surface area contributed by atoms with Crippen LogP contribution >= 0.6 is 0 Å². The van der Waals surface area contributed by atoms with Crippen LogP contribution in [0.5, 0.6) is 0 Å². The van der Waals surface area contributed by atoms with Crippen molar-refractivity contribution in [3.63, 3.8) is 0 Å². The predicted octanol–water partition coefficient (Wildman–Crippen LogP) is 2.51. The molecule has 0 saturated carbocycles. The first-order chi connectivity index (χ1) is 13.7. The van der Waals surface area contributed by atoms with Crippen LogP contribution in [-0.2, 0) is 26.9 Å². The Morgan fingerprint density at radius 1 is 1.17 bits per heavy atom. The Balaban J connectivity index is 2.17. The number of nitriles is 1. The van der Waals surface area contributed by atoms with Crippen molar-refractivity contribution in [1.29, 1.82) is 5.26 Å². The smallest absolute Gasteiger partial charge is 0.416 e. The number of amides is 1. The van der Waals surface area contributed by atoms with E-state index in [1.807, 2.05) is 6.07 Å². The van der Waals surface area contributed by atoms with Gasteiger partial charge < -0.3 is 15.2 Å². The van der Waals surface area contributed by atoms with Crippen molar-refractivity contribution in [1.82, 2.24) is 5.32 Å². The Morgan fingerprint density at radius 2 is 1.79 bits per heavy atom. The summed E-state index contributed by atoms with van der Waals surface area (Å²) >= 11 is 0. The van der Waals surface area contributed by atoms with Crippen molar-refractivity contribution < 1.29 is 32.6 Å². The molecule has 0 aliphatic carbocycles. The van der Waals surface area contributed by atoms with Crippen molar-refractivity contribution in [2.45, 2.75) is 24.7 Å². The molecule has 6 nitrogen and oxygen atoms in total. The third kappa shape index (κ3) is 5.56. The normalized spacial score (nSPS) is 13.1. The predicted molar refractivity (Wildman–Crippen MR) is 95.2 cm³/mol. The van der Waals surface area contributed by atoms with E-state index < -0.39 is 35.8 Å². The molecule has 0 bridgehead atoms. The molecule has 0 unspecified atom stereocenters. The molecule has 0 aliphatic heterocycles. The van der Waals surface area contributed by atoms with Crippen LogP contribution in [0.25, 0.3) is 0 Å². The summed E-state index contributed by atoms with van der Waals surface area (Å²) in [6.07, 6.45) is -6.41. The van der Waals surface area contributed by atoms with Gasteiger partial charge in [-0.2, -0.15) is 18.4 Å². The van der Waals surface area contributed by atoms with E-state index in [0.29, 0.717) is 11.1 Å². The number of carbonyl (C=O) groups is 2. The van der Waals surface area contributed by atoms with Crippen molar-refractivity contribution >= 4 is 11.9 Å². The number of alkyl halides is 3. The second-order valence-corrected chi connectivity index (χ2v) is 6.08. The van der Waals surface area contributed by atoms with Gasteiger partial charge in [0.05, 0.1) is 24.3 Å². The zero-order chi connectivity index (χ0) is 21.6. The second-order valence-electron chi connectivity index (χ2n) is 6.08. The van der Waals surface area contributed by atoms with Crippen molar-refractivity contribution in [2.24, 2.45) is 0 Å². The zero-order valence-electron chi connectivity index (χ0n) is 15.2. The maximum Gasteiger partial charge on any atom is 0.416 e. The van der Waals surface area contributed by atoms with E-state index in [2.05, 4.69) is 10.1 Å². The Labute approximate surface area is 164 Å². The maximum absolute atomic E-state index is 12.6. The molecule has 9 heteroatoms. The number of nitrogens with one attached hydrogen (secondary N) is 1. The molecule has 0 spiro atoms. The Morgan fingerprint density at radius 3 is 2.34 bits per heavy atom. The number of benzene rings is 2. The lowest BCUT2D eigenvalue weighted by molar-refractivity contribution is -0.146. The summed E-state index contributed by atoms with van der Waals surface area (Å²) < 4.78 is 42.5. The minimum absolute atomic E-state index is 0.0676. The van der Waals surface area contributed by atoms with E-state index in [0.717, 1.165) is 31.4 Å². The van der Waals surface area contributed by atoms with Gasteiger partial charge in [0.2, 0.25) is 0 Å². The Hall–Kier alpha value is -3.38. The molecule has 2 N–H and O–H groups in total. The number of hydrogen-bond donors (Lipinski definition) is 2. The Kier molecular flexibility index (Phi) is 6.96. The van der Waals surface area contributed by atoms with Gasteiger partial charge in [-0.25, -0.2) is 4.79 Å². The molecule has 2 aromatic rings.